The molecule has 1 aliphatic carbocycles. The van der Waals surface area contributed by atoms with Gasteiger partial charge in [0.2, 0.25) is 0 Å². The monoisotopic (exact) mass is 224 g/mol. The molecule has 60 valence electrons. The highest BCUT2D eigenvalue weighted by Gasteiger charge is 2.23. The topological polar surface area (TPSA) is 41.8 Å². The maximum atomic E-state index is 11.2. The van der Waals surface area contributed by atoms with Crippen LogP contribution in [-0.4, -0.2) is 17.7 Å². The minimum atomic E-state index is -0.219. The van der Waals surface area contributed by atoms with Gasteiger partial charge in [-0.25, -0.2) is 0 Å². The molecule has 4 heteroatoms. The minimum Gasteiger partial charge on any atom is -0.292 e. The Morgan fingerprint density at radius 1 is 1.50 bits per heavy atom. The van der Waals surface area contributed by atoms with Crippen molar-refractivity contribution in [2.24, 2.45) is 16.1 Å². The van der Waals surface area contributed by atoms with E-state index >= 15 is 0 Å². The third-order valence-electron chi connectivity index (χ3n) is 1.72. The number of carbonyl (C=O) groups is 1. The summed E-state index contributed by atoms with van der Waals surface area (Å²) in [5.41, 5.74) is 0.705. The van der Waals surface area contributed by atoms with E-state index < -0.39 is 0 Å². The van der Waals surface area contributed by atoms with Gasteiger partial charge in [-0.05, 0) is 6.08 Å². The zero-order valence-corrected chi connectivity index (χ0v) is 7.65. The quantitative estimate of drug-likeness (QED) is 0.615. The predicted octanol–water partition coefficient (Wildman–Crippen LogP) is 1.46. The molecule has 1 aliphatic heterocycles. The molecule has 1 heterocycles. The number of rotatable bonds is 0. The van der Waals surface area contributed by atoms with Gasteiger partial charge in [-0.3, -0.25) is 4.79 Å². The molecule has 0 saturated heterocycles. The second-order valence-corrected chi connectivity index (χ2v) is 3.45. The Balaban J connectivity index is 2.43. The van der Waals surface area contributed by atoms with Gasteiger partial charge in [0, 0.05) is 4.48 Å². The van der Waals surface area contributed by atoms with E-state index in [2.05, 4.69) is 26.1 Å². The fraction of sp³-hybridized carbons (Fsp3) is 0.125. The van der Waals surface area contributed by atoms with Crippen LogP contribution in [0.1, 0.15) is 0 Å². The highest BCUT2D eigenvalue weighted by molar-refractivity contribution is 9.11. The fourth-order valence-corrected chi connectivity index (χ4v) is 1.52. The number of halogens is 1. The largest absolute Gasteiger partial charge is 0.292 e. The first-order valence-corrected chi connectivity index (χ1v) is 4.27. The van der Waals surface area contributed by atoms with Crippen molar-refractivity contribution < 1.29 is 4.79 Å². The van der Waals surface area contributed by atoms with Gasteiger partial charge >= 0.3 is 0 Å². The van der Waals surface area contributed by atoms with Crippen LogP contribution < -0.4 is 0 Å². The van der Waals surface area contributed by atoms with E-state index in [-0.39, 0.29) is 11.7 Å². The molecular formula is C8H5BrN2O. The Bertz CT molecular complexity index is 352. The number of Topliss-reactive ketones (excluding diaryl/α,β-unsaturated/α-hetero) is 1. The summed E-state index contributed by atoms with van der Waals surface area (Å²) < 4.78 is 0.919. The molecule has 12 heavy (non-hydrogen) atoms. The van der Waals surface area contributed by atoms with E-state index in [1.54, 1.807) is 6.08 Å². The van der Waals surface area contributed by atoms with Crippen molar-refractivity contribution in [1.82, 2.24) is 0 Å². The van der Waals surface area contributed by atoms with Crippen LogP contribution in [0.5, 0.6) is 0 Å². The lowest BCUT2D eigenvalue weighted by atomic mass is 9.94. The summed E-state index contributed by atoms with van der Waals surface area (Å²) in [6.07, 6.45) is 6.72. The average Bonchev–Trinajstić information content (AvgIpc) is 2.04. The molecule has 1 unspecified atom stereocenters. The minimum absolute atomic E-state index is 0.00694. The SMILES string of the molecule is O=C1C=NN=C2C=C(Br)C=CC12. The van der Waals surface area contributed by atoms with Crippen molar-refractivity contribution in [3.05, 3.63) is 22.7 Å². The van der Waals surface area contributed by atoms with Gasteiger partial charge in [-0.1, -0.05) is 28.1 Å². The second-order valence-electron chi connectivity index (χ2n) is 2.54. The van der Waals surface area contributed by atoms with Crippen LogP contribution in [0, 0.1) is 5.92 Å². The zero-order valence-electron chi connectivity index (χ0n) is 6.07. The highest BCUT2D eigenvalue weighted by Crippen LogP contribution is 2.20. The van der Waals surface area contributed by atoms with Gasteiger partial charge in [0.1, 0.15) is 0 Å². The smallest absolute Gasteiger partial charge is 0.188 e. The molecule has 0 spiro atoms. The predicted molar refractivity (Wildman–Crippen MR) is 50.6 cm³/mol. The lowest BCUT2D eigenvalue weighted by Gasteiger charge is -2.14. The summed E-state index contributed by atoms with van der Waals surface area (Å²) in [5.74, 6) is -0.226. The molecule has 2 aliphatic rings. The van der Waals surface area contributed by atoms with Crippen molar-refractivity contribution >= 4 is 33.6 Å². The fourth-order valence-electron chi connectivity index (χ4n) is 1.13. The molecular weight excluding hydrogens is 220 g/mol. The maximum Gasteiger partial charge on any atom is 0.188 e. The van der Waals surface area contributed by atoms with E-state index in [9.17, 15) is 4.79 Å². The first-order chi connectivity index (χ1) is 5.77. The Labute approximate surface area is 77.7 Å². The van der Waals surface area contributed by atoms with Gasteiger partial charge in [-0.15, -0.1) is 0 Å². The summed E-state index contributed by atoms with van der Waals surface area (Å²) in [6.45, 7) is 0. The number of carbonyl (C=O) groups excluding carboxylic acids is 1. The molecule has 0 N–H and O–H groups in total. The molecule has 0 aromatic carbocycles. The average molecular weight is 225 g/mol. The van der Waals surface area contributed by atoms with Crippen LogP contribution in [0.25, 0.3) is 0 Å². The zero-order chi connectivity index (χ0) is 8.55. The van der Waals surface area contributed by atoms with Crippen LogP contribution in [0.15, 0.2) is 32.9 Å². The van der Waals surface area contributed by atoms with Crippen molar-refractivity contribution in [1.29, 1.82) is 0 Å². The molecule has 0 amide bonds. The first kappa shape index (κ1) is 7.61. The number of hydrogen-bond donors (Lipinski definition) is 0. The Morgan fingerprint density at radius 3 is 3.17 bits per heavy atom. The number of allylic oxidation sites excluding steroid dienone is 4. The maximum absolute atomic E-state index is 11.2. The molecule has 0 aromatic heterocycles. The number of ketones is 1. The normalized spacial score (nSPS) is 26.4. The molecule has 2 rings (SSSR count). The van der Waals surface area contributed by atoms with Gasteiger partial charge < -0.3 is 0 Å². The van der Waals surface area contributed by atoms with Crippen LogP contribution in [0.3, 0.4) is 0 Å². The van der Waals surface area contributed by atoms with Crippen LogP contribution >= 0.6 is 15.9 Å². The Hall–Kier alpha value is -1.03. The molecule has 0 aromatic rings. The number of fused-ring (bicyclic) bond motifs is 1. The third kappa shape index (κ3) is 1.18. The van der Waals surface area contributed by atoms with Crippen molar-refractivity contribution in [3.8, 4) is 0 Å². The van der Waals surface area contributed by atoms with Gasteiger partial charge in [0.25, 0.3) is 0 Å². The summed E-state index contributed by atoms with van der Waals surface area (Å²) >= 11 is 3.30. The van der Waals surface area contributed by atoms with Crippen molar-refractivity contribution in [2.45, 2.75) is 0 Å². The summed E-state index contributed by atoms with van der Waals surface area (Å²) in [5, 5.41) is 7.45. The van der Waals surface area contributed by atoms with Crippen LogP contribution in [0.4, 0.5) is 0 Å². The summed E-state index contributed by atoms with van der Waals surface area (Å²) in [4.78, 5) is 11.2. The lowest BCUT2D eigenvalue weighted by Crippen LogP contribution is -2.25. The van der Waals surface area contributed by atoms with Gasteiger partial charge in [0.15, 0.2) is 5.78 Å². The molecule has 0 fully saturated rings. The van der Waals surface area contributed by atoms with Gasteiger partial charge in [-0.2, -0.15) is 10.2 Å². The molecule has 0 saturated carbocycles. The molecule has 3 nitrogen and oxygen atoms in total. The van der Waals surface area contributed by atoms with Crippen LogP contribution in [-0.2, 0) is 4.79 Å². The number of hydrogen-bond acceptors (Lipinski definition) is 3. The van der Waals surface area contributed by atoms with E-state index in [0.717, 1.165) is 4.48 Å². The van der Waals surface area contributed by atoms with Crippen molar-refractivity contribution in [3.63, 3.8) is 0 Å². The molecule has 0 radical (unpaired) electrons. The summed E-state index contributed by atoms with van der Waals surface area (Å²) in [6, 6.07) is 0. The van der Waals surface area contributed by atoms with E-state index in [0.29, 0.717) is 5.71 Å². The van der Waals surface area contributed by atoms with Crippen molar-refractivity contribution in [2.75, 3.05) is 0 Å². The van der Waals surface area contributed by atoms with Crippen LogP contribution in [0.2, 0.25) is 0 Å². The standard InChI is InChI=1S/C8H5BrN2O/c9-5-1-2-6-7(3-5)11-10-4-8(6)12/h1-4,6H. The van der Waals surface area contributed by atoms with E-state index in [1.807, 2.05) is 12.2 Å². The second kappa shape index (κ2) is 2.79. The third-order valence-corrected chi connectivity index (χ3v) is 2.21. The lowest BCUT2D eigenvalue weighted by molar-refractivity contribution is -0.113. The van der Waals surface area contributed by atoms with E-state index in [1.165, 1.54) is 6.21 Å². The molecule has 1 atom stereocenters. The molecule has 0 bridgehead atoms. The van der Waals surface area contributed by atoms with E-state index in [4.69, 9.17) is 0 Å². The highest BCUT2D eigenvalue weighted by atomic mass is 79.9. The summed E-state index contributed by atoms with van der Waals surface area (Å²) in [7, 11) is 0. The Morgan fingerprint density at radius 2 is 2.33 bits per heavy atom. The Kier molecular flexibility index (Phi) is 1.77. The van der Waals surface area contributed by atoms with Gasteiger partial charge in [0.05, 0.1) is 17.8 Å². The number of nitrogens with zero attached hydrogens (tertiary/aromatic N) is 2. The first-order valence-electron chi connectivity index (χ1n) is 3.47.